The van der Waals surface area contributed by atoms with E-state index < -0.39 is 10.8 Å². The van der Waals surface area contributed by atoms with Gasteiger partial charge in [-0.2, -0.15) is 0 Å². The first-order chi connectivity index (χ1) is 7.66. The number of carbonyl (C=O) groups excluding carboxylic acids is 1. The van der Waals surface area contributed by atoms with Crippen molar-refractivity contribution in [1.82, 2.24) is 4.98 Å². The van der Waals surface area contributed by atoms with E-state index in [0.29, 0.717) is 23.7 Å². The first-order valence-electron chi connectivity index (χ1n) is 4.99. The predicted molar refractivity (Wildman–Crippen MR) is 63.8 cm³/mol. The van der Waals surface area contributed by atoms with Crippen molar-refractivity contribution >= 4 is 28.2 Å². The molecule has 0 fully saturated rings. The van der Waals surface area contributed by atoms with Crippen LogP contribution in [0.25, 0.3) is 0 Å². The molecule has 0 saturated heterocycles. The van der Waals surface area contributed by atoms with Crippen molar-refractivity contribution in [2.75, 3.05) is 22.6 Å². The highest BCUT2D eigenvalue weighted by atomic mass is 32.2. The summed E-state index contributed by atoms with van der Waals surface area (Å²) >= 11 is 0. The average Bonchev–Trinajstić information content (AvgIpc) is 2.26. The topological polar surface area (TPSA) is 71.1 Å². The third-order valence-electron chi connectivity index (χ3n) is 2.39. The Morgan fingerprint density at radius 1 is 1.56 bits per heavy atom. The number of pyridine rings is 1. The van der Waals surface area contributed by atoms with E-state index in [2.05, 4.69) is 15.6 Å². The zero-order valence-corrected chi connectivity index (χ0v) is 9.71. The number of rotatable bonds is 3. The lowest BCUT2D eigenvalue weighted by Crippen LogP contribution is -2.40. The number of carbonyl (C=O) groups is 1. The van der Waals surface area contributed by atoms with Crippen LogP contribution in [0.2, 0.25) is 0 Å². The first kappa shape index (κ1) is 11.1. The molecule has 86 valence electrons. The smallest absolute Gasteiger partial charge is 0.247 e. The molecule has 2 rings (SSSR count). The Kier molecular flexibility index (Phi) is 3.19. The maximum Gasteiger partial charge on any atom is 0.247 e. The summed E-state index contributed by atoms with van der Waals surface area (Å²) in [7, 11) is -0.880. The molecule has 2 unspecified atom stereocenters. The van der Waals surface area contributed by atoms with Gasteiger partial charge in [0.25, 0.3) is 0 Å². The van der Waals surface area contributed by atoms with Crippen LogP contribution < -0.4 is 10.6 Å². The van der Waals surface area contributed by atoms with Crippen LogP contribution in [-0.4, -0.2) is 33.2 Å². The second-order valence-corrected chi connectivity index (χ2v) is 5.21. The van der Waals surface area contributed by atoms with Crippen molar-refractivity contribution in [2.24, 2.45) is 0 Å². The summed E-state index contributed by atoms with van der Waals surface area (Å²) in [6.45, 7) is 0. The molecule has 0 saturated carbocycles. The van der Waals surface area contributed by atoms with Crippen molar-refractivity contribution in [1.29, 1.82) is 0 Å². The van der Waals surface area contributed by atoms with Gasteiger partial charge in [-0.05, 0) is 18.6 Å². The van der Waals surface area contributed by atoms with E-state index in [0.717, 1.165) is 0 Å². The molecule has 0 aliphatic carbocycles. The molecule has 1 aromatic rings. The van der Waals surface area contributed by atoms with Gasteiger partial charge in [-0.15, -0.1) is 0 Å². The lowest BCUT2D eigenvalue weighted by atomic mass is 10.1. The number of nitrogens with zero attached hydrogens (tertiary/aromatic N) is 1. The summed E-state index contributed by atoms with van der Waals surface area (Å²) < 4.78 is 11.0. The highest BCUT2D eigenvalue weighted by molar-refractivity contribution is 7.84. The van der Waals surface area contributed by atoms with Crippen LogP contribution in [0.3, 0.4) is 0 Å². The molecule has 1 aliphatic rings. The quantitative estimate of drug-likeness (QED) is 0.809. The van der Waals surface area contributed by atoms with Crippen molar-refractivity contribution in [3.05, 3.63) is 18.3 Å². The van der Waals surface area contributed by atoms with Crippen LogP contribution in [0.5, 0.6) is 0 Å². The maximum absolute atomic E-state index is 11.7. The number of amides is 1. The summed E-state index contributed by atoms with van der Waals surface area (Å²) in [6, 6.07) is 3.22. The Morgan fingerprint density at radius 3 is 3.12 bits per heavy atom. The SMILES string of the molecule is CS(=O)CCC1Nc2ncccc2NC1=O. The number of hydrogen-bond acceptors (Lipinski definition) is 4. The largest absolute Gasteiger partial charge is 0.357 e. The van der Waals surface area contributed by atoms with Gasteiger partial charge in [0.1, 0.15) is 11.9 Å². The molecule has 2 N–H and O–H groups in total. The van der Waals surface area contributed by atoms with E-state index in [1.807, 2.05) is 0 Å². The Balaban J connectivity index is 2.09. The van der Waals surface area contributed by atoms with Gasteiger partial charge in [-0.1, -0.05) is 0 Å². The second kappa shape index (κ2) is 4.61. The van der Waals surface area contributed by atoms with Crippen LogP contribution in [0.15, 0.2) is 18.3 Å². The Hall–Kier alpha value is -1.43. The molecule has 0 radical (unpaired) electrons. The van der Waals surface area contributed by atoms with Gasteiger partial charge in [-0.3, -0.25) is 9.00 Å². The minimum absolute atomic E-state index is 0.0917. The monoisotopic (exact) mass is 239 g/mol. The zero-order valence-electron chi connectivity index (χ0n) is 8.90. The zero-order chi connectivity index (χ0) is 11.5. The van der Waals surface area contributed by atoms with Crippen LogP contribution >= 0.6 is 0 Å². The van der Waals surface area contributed by atoms with E-state index >= 15 is 0 Å². The average molecular weight is 239 g/mol. The van der Waals surface area contributed by atoms with Crippen LogP contribution in [-0.2, 0) is 15.6 Å². The molecule has 0 aromatic carbocycles. The summed E-state index contributed by atoms with van der Waals surface area (Å²) in [4.78, 5) is 15.8. The molecular weight excluding hydrogens is 226 g/mol. The van der Waals surface area contributed by atoms with Gasteiger partial charge in [0, 0.05) is 29.0 Å². The third-order valence-corrected chi connectivity index (χ3v) is 3.20. The summed E-state index contributed by atoms with van der Waals surface area (Å²) in [5.41, 5.74) is 0.696. The fourth-order valence-corrected chi connectivity index (χ4v) is 2.13. The standard InChI is InChI=1S/C10H13N3O2S/c1-16(15)6-4-8-10(14)13-7-3-2-5-11-9(7)12-8/h2-3,5,8H,4,6H2,1H3,(H,11,12)(H,13,14). The Morgan fingerprint density at radius 2 is 2.38 bits per heavy atom. The van der Waals surface area contributed by atoms with E-state index in [1.54, 1.807) is 24.6 Å². The van der Waals surface area contributed by atoms with Gasteiger partial charge in [0.2, 0.25) is 5.91 Å². The highest BCUT2D eigenvalue weighted by Crippen LogP contribution is 2.24. The number of nitrogens with one attached hydrogen (secondary N) is 2. The molecule has 1 aromatic heterocycles. The van der Waals surface area contributed by atoms with Crippen molar-refractivity contribution in [3.8, 4) is 0 Å². The minimum atomic E-state index is -0.880. The normalized spacial score (nSPS) is 20.6. The number of fused-ring (bicyclic) bond motifs is 1. The molecule has 5 nitrogen and oxygen atoms in total. The van der Waals surface area contributed by atoms with Gasteiger partial charge in [0.15, 0.2) is 0 Å². The number of anilines is 2. The lowest BCUT2D eigenvalue weighted by Gasteiger charge is -2.25. The summed E-state index contributed by atoms with van der Waals surface area (Å²) in [5, 5.41) is 5.82. The summed E-state index contributed by atoms with van der Waals surface area (Å²) in [5.74, 6) is 1.09. The van der Waals surface area contributed by atoms with Crippen molar-refractivity contribution < 1.29 is 9.00 Å². The van der Waals surface area contributed by atoms with Gasteiger partial charge < -0.3 is 10.6 Å². The molecule has 2 heterocycles. The van der Waals surface area contributed by atoms with Gasteiger partial charge >= 0.3 is 0 Å². The summed E-state index contributed by atoms with van der Waals surface area (Å²) in [6.07, 6.45) is 3.84. The fraction of sp³-hybridized carbons (Fsp3) is 0.400. The third kappa shape index (κ3) is 2.38. The Bertz CT molecular complexity index is 436. The maximum atomic E-state index is 11.7. The number of hydrogen-bond donors (Lipinski definition) is 2. The molecule has 6 heteroatoms. The fourth-order valence-electron chi connectivity index (χ4n) is 1.56. The molecule has 2 atom stereocenters. The first-order valence-corrected chi connectivity index (χ1v) is 6.72. The minimum Gasteiger partial charge on any atom is -0.357 e. The lowest BCUT2D eigenvalue weighted by molar-refractivity contribution is -0.117. The van der Waals surface area contributed by atoms with Crippen molar-refractivity contribution in [3.63, 3.8) is 0 Å². The van der Waals surface area contributed by atoms with Crippen LogP contribution in [0, 0.1) is 0 Å². The van der Waals surface area contributed by atoms with Crippen molar-refractivity contribution in [2.45, 2.75) is 12.5 Å². The van der Waals surface area contributed by atoms with E-state index in [1.165, 1.54) is 0 Å². The van der Waals surface area contributed by atoms with Gasteiger partial charge in [0.05, 0.1) is 5.69 Å². The molecule has 0 bridgehead atoms. The predicted octanol–water partition coefficient (Wildman–Crippen LogP) is 0.583. The molecule has 0 spiro atoms. The van der Waals surface area contributed by atoms with E-state index in [4.69, 9.17) is 0 Å². The van der Waals surface area contributed by atoms with Gasteiger partial charge in [-0.25, -0.2) is 4.98 Å². The van der Waals surface area contributed by atoms with Crippen LogP contribution in [0.4, 0.5) is 11.5 Å². The Labute approximate surface area is 96.1 Å². The molecule has 1 aliphatic heterocycles. The van der Waals surface area contributed by atoms with E-state index in [-0.39, 0.29) is 11.9 Å². The second-order valence-electron chi connectivity index (χ2n) is 3.65. The highest BCUT2D eigenvalue weighted by Gasteiger charge is 2.25. The molecule has 1 amide bonds. The molecule has 16 heavy (non-hydrogen) atoms. The molecular formula is C10H13N3O2S. The van der Waals surface area contributed by atoms with Crippen LogP contribution in [0.1, 0.15) is 6.42 Å². The van der Waals surface area contributed by atoms with E-state index in [9.17, 15) is 9.00 Å². The number of aromatic nitrogens is 1.